The quantitative estimate of drug-likeness (QED) is 0.839. The summed E-state index contributed by atoms with van der Waals surface area (Å²) in [6.07, 6.45) is -0.460. The third kappa shape index (κ3) is 1.61. The highest BCUT2D eigenvalue weighted by Crippen LogP contribution is 2.52. The molecule has 0 radical (unpaired) electrons. The van der Waals surface area contributed by atoms with E-state index in [2.05, 4.69) is 15.9 Å². The number of rotatable bonds is 1. The minimum absolute atomic E-state index is 0.230. The van der Waals surface area contributed by atoms with Gasteiger partial charge in [-0.05, 0) is 28.9 Å². The summed E-state index contributed by atoms with van der Waals surface area (Å²) in [6, 6.07) is 1.86. The van der Waals surface area contributed by atoms with Gasteiger partial charge in [0.15, 0.2) is 0 Å². The van der Waals surface area contributed by atoms with Gasteiger partial charge in [-0.3, -0.25) is 0 Å². The minimum atomic E-state index is -2.57. The molecule has 2 rings (SSSR count). The summed E-state index contributed by atoms with van der Waals surface area (Å²) < 4.78 is 26.4. The number of alkyl halides is 2. The summed E-state index contributed by atoms with van der Waals surface area (Å²) in [7, 11) is 0. The van der Waals surface area contributed by atoms with Gasteiger partial charge in [0.2, 0.25) is 0 Å². The third-order valence-electron chi connectivity index (χ3n) is 2.50. The fourth-order valence-electron chi connectivity index (χ4n) is 1.75. The summed E-state index contributed by atoms with van der Waals surface area (Å²) in [6.45, 7) is 1.94. The molecule has 1 nitrogen and oxygen atoms in total. The highest BCUT2D eigenvalue weighted by Gasteiger charge is 2.55. The molecular formula is C9H10BrF2NS. The molecule has 2 N–H and O–H groups in total. The van der Waals surface area contributed by atoms with Crippen LogP contribution in [0, 0.1) is 6.92 Å². The lowest BCUT2D eigenvalue weighted by Gasteiger charge is -2.43. The Morgan fingerprint density at radius 1 is 1.50 bits per heavy atom. The monoisotopic (exact) mass is 281 g/mol. The highest BCUT2D eigenvalue weighted by molar-refractivity contribution is 9.10. The van der Waals surface area contributed by atoms with E-state index in [1.165, 1.54) is 11.3 Å². The molecule has 1 fully saturated rings. The molecule has 0 bridgehead atoms. The van der Waals surface area contributed by atoms with Crippen LogP contribution in [0.1, 0.15) is 22.6 Å². The Bertz CT molecular complexity index is 347. The van der Waals surface area contributed by atoms with Crippen LogP contribution in [0.3, 0.4) is 0 Å². The lowest BCUT2D eigenvalue weighted by molar-refractivity contribution is -0.123. The first kappa shape index (κ1) is 10.5. The van der Waals surface area contributed by atoms with Crippen LogP contribution in [0.4, 0.5) is 8.78 Å². The van der Waals surface area contributed by atoms with Gasteiger partial charge in [-0.1, -0.05) is 0 Å². The number of halogens is 3. The molecule has 1 aliphatic rings. The second kappa shape index (κ2) is 3.00. The Balaban J connectivity index is 2.25. The summed E-state index contributed by atoms with van der Waals surface area (Å²) >= 11 is 4.85. The fraction of sp³-hybridized carbons (Fsp3) is 0.556. The first-order chi connectivity index (χ1) is 6.32. The van der Waals surface area contributed by atoms with Crippen molar-refractivity contribution in [2.45, 2.75) is 31.2 Å². The molecule has 5 heteroatoms. The average molecular weight is 282 g/mol. The molecule has 1 aromatic heterocycles. The van der Waals surface area contributed by atoms with Crippen LogP contribution in [0.15, 0.2) is 10.5 Å². The molecule has 78 valence electrons. The van der Waals surface area contributed by atoms with Crippen LogP contribution in [0.2, 0.25) is 0 Å². The zero-order valence-corrected chi connectivity index (χ0v) is 10.0. The van der Waals surface area contributed by atoms with Crippen LogP contribution < -0.4 is 5.73 Å². The van der Waals surface area contributed by atoms with E-state index >= 15 is 0 Å². The van der Waals surface area contributed by atoms with E-state index in [0.29, 0.717) is 0 Å². The van der Waals surface area contributed by atoms with Crippen molar-refractivity contribution in [2.75, 3.05) is 0 Å². The standard InChI is InChI=1S/C9H10BrF2NS/c1-5-6(10)2-7(14-5)8(13)3-9(11,12)4-8/h2H,3-4,13H2,1H3. The van der Waals surface area contributed by atoms with E-state index in [-0.39, 0.29) is 12.8 Å². The molecular weight excluding hydrogens is 272 g/mol. The highest BCUT2D eigenvalue weighted by atomic mass is 79.9. The van der Waals surface area contributed by atoms with Crippen LogP contribution in [0.5, 0.6) is 0 Å². The van der Waals surface area contributed by atoms with Gasteiger partial charge in [-0.2, -0.15) is 0 Å². The zero-order valence-electron chi connectivity index (χ0n) is 7.61. The molecule has 1 heterocycles. The number of hydrogen-bond donors (Lipinski definition) is 1. The van der Waals surface area contributed by atoms with Gasteiger partial charge >= 0.3 is 0 Å². The molecule has 0 unspecified atom stereocenters. The molecule has 0 aromatic carbocycles. The van der Waals surface area contributed by atoms with Crippen LogP contribution in [-0.2, 0) is 5.54 Å². The number of hydrogen-bond acceptors (Lipinski definition) is 2. The third-order valence-corrected chi connectivity index (χ3v) is 4.85. The normalized spacial score (nSPS) is 23.2. The van der Waals surface area contributed by atoms with Gasteiger partial charge in [0.25, 0.3) is 5.92 Å². The van der Waals surface area contributed by atoms with Crippen molar-refractivity contribution in [3.63, 3.8) is 0 Å². The summed E-state index contributed by atoms with van der Waals surface area (Å²) in [5, 5.41) is 0. The summed E-state index contributed by atoms with van der Waals surface area (Å²) in [5.41, 5.74) is 5.09. The van der Waals surface area contributed by atoms with Crippen molar-refractivity contribution < 1.29 is 8.78 Å². The Kier molecular flexibility index (Phi) is 2.25. The second-order valence-electron chi connectivity index (χ2n) is 3.88. The van der Waals surface area contributed by atoms with Gasteiger partial charge in [0, 0.05) is 27.1 Å². The van der Waals surface area contributed by atoms with Crippen molar-refractivity contribution in [3.8, 4) is 0 Å². The zero-order chi connectivity index (χ0) is 10.6. The molecule has 0 saturated heterocycles. The second-order valence-corrected chi connectivity index (χ2v) is 5.99. The predicted molar refractivity (Wildman–Crippen MR) is 56.8 cm³/mol. The van der Waals surface area contributed by atoms with E-state index in [0.717, 1.165) is 14.2 Å². The molecule has 14 heavy (non-hydrogen) atoms. The SMILES string of the molecule is Cc1sc(C2(N)CC(F)(F)C2)cc1Br. The number of aryl methyl sites for hydroxylation is 1. The molecule has 1 aromatic rings. The maximum absolute atomic E-state index is 12.7. The van der Waals surface area contributed by atoms with Gasteiger partial charge in [-0.25, -0.2) is 8.78 Å². The van der Waals surface area contributed by atoms with E-state index in [9.17, 15) is 8.78 Å². The van der Waals surface area contributed by atoms with Crippen molar-refractivity contribution in [1.29, 1.82) is 0 Å². The van der Waals surface area contributed by atoms with Crippen LogP contribution in [-0.4, -0.2) is 5.92 Å². The fourth-order valence-corrected chi connectivity index (χ4v) is 3.38. The maximum Gasteiger partial charge on any atom is 0.252 e. The smallest absolute Gasteiger partial charge is 0.252 e. The Morgan fingerprint density at radius 3 is 2.43 bits per heavy atom. The molecule has 0 aliphatic heterocycles. The largest absolute Gasteiger partial charge is 0.320 e. The first-order valence-corrected chi connectivity index (χ1v) is 5.86. The van der Waals surface area contributed by atoms with Crippen molar-refractivity contribution in [3.05, 3.63) is 20.3 Å². The van der Waals surface area contributed by atoms with E-state index < -0.39 is 11.5 Å². The first-order valence-electron chi connectivity index (χ1n) is 4.26. The molecule has 0 amide bonds. The lowest BCUT2D eigenvalue weighted by Crippen LogP contribution is -2.55. The van der Waals surface area contributed by atoms with Crippen molar-refractivity contribution >= 4 is 27.3 Å². The Morgan fingerprint density at radius 2 is 2.07 bits per heavy atom. The molecule has 0 spiro atoms. The molecule has 1 saturated carbocycles. The van der Waals surface area contributed by atoms with Crippen LogP contribution in [0.25, 0.3) is 0 Å². The van der Waals surface area contributed by atoms with Gasteiger partial charge in [0.1, 0.15) is 0 Å². The van der Waals surface area contributed by atoms with Crippen molar-refractivity contribution in [1.82, 2.24) is 0 Å². The van der Waals surface area contributed by atoms with Crippen molar-refractivity contribution in [2.24, 2.45) is 5.73 Å². The Labute approximate surface area is 93.4 Å². The van der Waals surface area contributed by atoms with Gasteiger partial charge in [0.05, 0.1) is 5.54 Å². The number of nitrogens with two attached hydrogens (primary N) is 1. The van der Waals surface area contributed by atoms with E-state index in [1.54, 1.807) is 0 Å². The minimum Gasteiger partial charge on any atom is -0.320 e. The van der Waals surface area contributed by atoms with E-state index in [4.69, 9.17) is 5.73 Å². The van der Waals surface area contributed by atoms with Gasteiger partial charge < -0.3 is 5.73 Å². The predicted octanol–water partition coefficient (Wildman–Crippen LogP) is 3.40. The van der Waals surface area contributed by atoms with E-state index in [1.807, 2.05) is 13.0 Å². The average Bonchev–Trinajstić information content (AvgIpc) is 2.28. The van der Waals surface area contributed by atoms with Crippen LogP contribution >= 0.6 is 27.3 Å². The molecule has 0 atom stereocenters. The maximum atomic E-state index is 12.7. The topological polar surface area (TPSA) is 26.0 Å². The molecule has 1 aliphatic carbocycles. The number of thiophene rings is 1. The lowest BCUT2D eigenvalue weighted by atomic mass is 9.73. The van der Waals surface area contributed by atoms with Gasteiger partial charge in [-0.15, -0.1) is 11.3 Å². The summed E-state index contributed by atoms with van der Waals surface area (Å²) in [5.74, 6) is -2.57. The Hall–Kier alpha value is -0.0000000000000000555. The summed E-state index contributed by atoms with van der Waals surface area (Å²) in [4.78, 5) is 1.94.